The zero-order valence-corrected chi connectivity index (χ0v) is 15.6. The van der Waals surface area contributed by atoms with E-state index in [9.17, 15) is 14.3 Å². The predicted octanol–water partition coefficient (Wildman–Crippen LogP) is 6.18. The number of benzene rings is 1. The molecule has 1 unspecified atom stereocenters. The van der Waals surface area contributed by atoms with Gasteiger partial charge in [0.15, 0.2) is 0 Å². The molecule has 0 heterocycles. The van der Waals surface area contributed by atoms with Gasteiger partial charge in [-0.05, 0) is 99.2 Å². The van der Waals surface area contributed by atoms with Crippen LogP contribution in [0.15, 0.2) is 36.9 Å². The molecule has 2 nitrogen and oxygen atoms in total. The molecule has 3 heteroatoms. The second kappa shape index (κ2) is 8.83. The highest BCUT2D eigenvalue weighted by Gasteiger charge is 2.35. The molecule has 0 saturated heterocycles. The van der Waals surface area contributed by atoms with E-state index in [1.807, 2.05) is 12.1 Å². The number of aliphatic carboxylic acids is 1. The van der Waals surface area contributed by atoms with Crippen molar-refractivity contribution in [3.05, 3.63) is 48.3 Å². The molecular weight excluding hydrogens is 327 g/mol. The van der Waals surface area contributed by atoms with Crippen LogP contribution in [0.5, 0.6) is 0 Å². The van der Waals surface area contributed by atoms with Crippen molar-refractivity contribution in [3.8, 4) is 0 Å². The summed E-state index contributed by atoms with van der Waals surface area (Å²) in [5.74, 6) is 1.38. The van der Waals surface area contributed by atoms with Gasteiger partial charge in [0.25, 0.3) is 0 Å². The maximum atomic E-state index is 13.1. The van der Waals surface area contributed by atoms with E-state index in [4.69, 9.17) is 0 Å². The van der Waals surface area contributed by atoms with E-state index in [1.54, 1.807) is 18.2 Å². The summed E-state index contributed by atoms with van der Waals surface area (Å²) < 4.78 is 13.1. The van der Waals surface area contributed by atoms with Crippen LogP contribution in [0.2, 0.25) is 0 Å². The van der Waals surface area contributed by atoms with E-state index in [0.717, 1.165) is 24.7 Å². The fraction of sp³-hybridized carbons (Fsp3) is 0.609. The van der Waals surface area contributed by atoms with Gasteiger partial charge in [-0.2, -0.15) is 0 Å². The highest BCUT2D eigenvalue weighted by molar-refractivity contribution is 5.70. The highest BCUT2D eigenvalue weighted by Crippen LogP contribution is 2.45. The van der Waals surface area contributed by atoms with Gasteiger partial charge in [-0.3, -0.25) is 4.79 Å². The molecule has 0 spiro atoms. The minimum absolute atomic E-state index is 0.157. The number of halogens is 1. The smallest absolute Gasteiger partial charge is 0.307 e. The summed E-state index contributed by atoms with van der Waals surface area (Å²) in [4.78, 5) is 11.5. The fourth-order valence-corrected chi connectivity index (χ4v) is 5.35. The van der Waals surface area contributed by atoms with E-state index < -0.39 is 5.97 Å². The van der Waals surface area contributed by atoms with Gasteiger partial charge in [0.05, 0.1) is 5.92 Å². The second-order valence-electron chi connectivity index (χ2n) is 8.31. The summed E-state index contributed by atoms with van der Waals surface area (Å²) in [6.07, 6.45) is 11.7. The van der Waals surface area contributed by atoms with Crippen LogP contribution in [0.1, 0.15) is 69.3 Å². The molecule has 1 atom stereocenters. The van der Waals surface area contributed by atoms with E-state index >= 15 is 0 Å². The summed E-state index contributed by atoms with van der Waals surface area (Å²) >= 11 is 0. The highest BCUT2D eigenvalue weighted by atomic mass is 19.1. The predicted molar refractivity (Wildman–Crippen MR) is 102 cm³/mol. The molecule has 2 aliphatic rings. The molecule has 142 valence electrons. The second-order valence-corrected chi connectivity index (χ2v) is 8.31. The molecule has 1 aromatic rings. The lowest BCUT2D eigenvalue weighted by molar-refractivity contribution is -0.144. The first-order valence-electron chi connectivity index (χ1n) is 10.2. The zero-order valence-electron chi connectivity index (χ0n) is 15.6. The average molecular weight is 358 g/mol. The molecule has 1 aromatic carbocycles. The summed E-state index contributed by atoms with van der Waals surface area (Å²) in [5, 5.41) is 9.45. The van der Waals surface area contributed by atoms with Gasteiger partial charge in [-0.15, -0.1) is 6.58 Å². The molecular formula is C23H31FO2. The first-order chi connectivity index (χ1) is 12.6. The van der Waals surface area contributed by atoms with Crippen LogP contribution in [0, 0.1) is 29.5 Å². The van der Waals surface area contributed by atoms with Crippen LogP contribution in [0.4, 0.5) is 4.39 Å². The number of rotatable bonds is 6. The number of carbonyl (C=O) groups is 1. The third-order valence-electron chi connectivity index (χ3n) is 6.90. The monoisotopic (exact) mass is 358 g/mol. The largest absolute Gasteiger partial charge is 0.481 e. The van der Waals surface area contributed by atoms with Crippen molar-refractivity contribution in [2.45, 2.75) is 63.7 Å². The van der Waals surface area contributed by atoms with Crippen molar-refractivity contribution in [1.29, 1.82) is 0 Å². The van der Waals surface area contributed by atoms with E-state index in [-0.39, 0.29) is 11.7 Å². The lowest BCUT2D eigenvalue weighted by atomic mass is 9.66. The van der Waals surface area contributed by atoms with Crippen LogP contribution in [-0.4, -0.2) is 11.1 Å². The van der Waals surface area contributed by atoms with Crippen molar-refractivity contribution in [1.82, 2.24) is 0 Å². The fourth-order valence-electron chi connectivity index (χ4n) is 5.35. The standard InChI is InChI=1S/C23H31FO2/c1-2-3-22(23(25)26)20-10-8-18(9-11-20)16-4-6-17(7-5-16)19-12-14-21(24)15-13-19/h2,12-18,20,22H,1,3-11H2,(H,25,26). The summed E-state index contributed by atoms with van der Waals surface area (Å²) in [7, 11) is 0. The molecule has 2 fully saturated rings. The van der Waals surface area contributed by atoms with Gasteiger partial charge in [0.2, 0.25) is 0 Å². The first kappa shape index (κ1) is 19.1. The Labute approximate surface area is 156 Å². The molecule has 0 aliphatic heterocycles. The van der Waals surface area contributed by atoms with Crippen LogP contribution < -0.4 is 0 Å². The van der Waals surface area contributed by atoms with E-state index in [1.165, 1.54) is 44.1 Å². The molecule has 2 saturated carbocycles. The Morgan fingerprint density at radius 3 is 2.08 bits per heavy atom. The molecule has 0 aromatic heterocycles. The van der Waals surface area contributed by atoms with Crippen molar-refractivity contribution in [3.63, 3.8) is 0 Å². The Kier molecular flexibility index (Phi) is 6.50. The third-order valence-corrected chi connectivity index (χ3v) is 6.90. The number of carboxylic acids is 1. The Morgan fingerprint density at radius 1 is 1.04 bits per heavy atom. The van der Waals surface area contributed by atoms with Gasteiger partial charge < -0.3 is 5.11 Å². The number of carboxylic acid groups (broad SMARTS) is 1. The Bertz CT molecular complexity index is 593. The minimum Gasteiger partial charge on any atom is -0.481 e. The van der Waals surface area contributed by atoms with Crippen LogP contribution in [0.25, 0.3) is 0 Å². The third kappa shape index (κ3) is 4.55. The Morgan fingerprint density at radius 2 is 1.58 bits per heavy atom. The topological polar surface area (TPSA) is 37.3 Å². The summed E-state index contributed by atoms with van der Waals surface area (Å²) in [6, 6.07) is 7.03. The average Bonchev–Trinajstić information content (AvgIpc) is 2.67. The maximum Gasteiger partial charge on any atom is 0.307 e. The van der Waals surface area contributed by atoms with Gasteiger partial charge in [0.1, 0.15) is 5.82 Å². The van der Waals surface area contributed by atoms with Crippen LogP contribution in [-0.2, 0) is 4.79 Å². The Hall–Kier alpha value is -1.64. The van der Waals surface area contributed by atoms with Crippen molar-refractivity contribution in [2.24, 2.45) is 23.7 Å². The van der Waals surface area contributed by atoms with Crippen molar-refractivity contribution in [2.75, 3.05) is 0 Å². The lowest BCUT2D eigenvalue weighted by Gasteiger charge is -2.39. The van der Waals surface area contributed by atoms with Crippen molar-refractivity contribution >= 4 is 5.97 Å². The van der Waals surface area contributed by atoms with Gasteiger partial charge >= 0.3 is 5.97 Å². The molecule has 0 bridgehead atoms. The molecule has 3 rings (SSSR count). The first-order valence-corrected chi connectivity index (χ1v) is 10.2. The molecule has 0 radical (unpaired) electrons. The van der Waals surface area contributed by atoms with Gasteiger partial charge in [-0.1, -0.05) is 18.2 Å². The Balaban J connectivity index is 1.48. The SMILES string of the molecule is C=CCC(C(=O)O)C1CCC(C2CCC(c3ccc(F)cc3)CC2)CC1. The number of allylic oxidation sites excluding steroid dienone is 1. The quantitative estimate of drug-likeness (QED) is 0.616. The molecule has 0 amide bonds. The van der Waals surface area contributed by atoms with Gasteiger partial charge in [-0.25, -0.2) is 4.39 Å². The lowest BCUT2D eigenvalue weighted by Crippen LogP contribution is -2.30. The normalized spacial score (nSPS) is 30.5. The number of hydrogen-bond donors (Lipinski definition) is 1. The molecule has 1 N–H and O–H groups in total. The maximum absolute atomic E-state index is 13.1. The summed E-state index contributed by atoms with van der Waals surface area (Å²) in [6.45, 7) is 3.72. The molecule has 26 heavy (non-hydrogen) atoms. The summed E-state index contributed by atoms with van der Waals surface area (Å²) in [5.41, 5.74) is 1.28. The van der Waals surface area contributed by atoms with E-state index in [0.29, 0.717) is 18.3 Å². The van der Waals surface area contributed by atoms with Crippen LogP contribution >= 0.6 is 0 Å². The zero-order chi connectivity index (χ0) is 18.5. The number of hydrogen-bond acceptors (Lipinski definition) is 1. The van der Waals surface area contributed by atoms with Gasteiger partial charge in [0, 0.05) is 0 Å². The van der Waals surface area contributed by atoms with Crippen molar-refractivity contribution < 1.29 is 14.3 Å². The van der Waals surface area contributed by atoms with Crippen LogP contribution in [0.3, 0.4) is 0 Å². The minimum atomic E-state index is -0.659. The molecule has 2 aliphatic carbocycles. The van der Waals surface area contributed by atoms with E-state index in [2.05, 4.69) is 6.58 Å².